The molecule has 0 radical (unpaired) electrons. The van der Waals surface area contributed by atoms with Crippen LogP contribution in [0.25, 0.3) is 0 Å². The third-order valence-electron chi connectivity index (χ3n) is 6.79. The van der Waals surface area contributed by atoms with Crippen molar-refractivity contribution in [3.05, 3.63) is 95.6 Å². The lowest BCUT2D eigenvalue weighted by atomic mass is 9.92. The Balaban J connectivity index is 1.36. The van der Waals surface area contributed by atoms with E-state index in [0.717, 1.165) is 11.8 Å². The molecule has 1 saturated heterocycles. The van der Waals surface area contributed by atoms with Gasteiger partial charge >= 0.3 is 5.97 Å². The molecule has 0 aliphatic carbocycles. The number of Topliss-reactive ketones (excluding diaryl/α,β-unsaturated/α-hetero) is 1. The molecule has 0 saturated carbocycles. The van der Waals surface area contributed by atoms with Crippen LogP contribution in [0.1, 0.15) is 28.4 Å². The highest BCUT2D eigenvalue weighted by atomic mass is 32.2. The fourth-order valence-corrected chi connectivity index (χ4v) is 5.72. The number of carboxylic acid groups (broad SMARTS) is 1. The van der Waals surface area contributed by atoms with E-state index in [2.05, 4.69) is 10.6 Å². The average molecular weight is 655 g/mol. The van der Waals surface area contributed by atoms with E-state index in [0.29, 0.717) is 16.8 Å². The van der Waals surface area contributed by atoms with E-state index in [1.54, 1.807) is 24.3 Å². The summed E-state index contributed by atoms with van der Waals surface area (Å²) in [5.74, 6) is -5.16. The van der Waals surface area contributed by atoms with E-state index < -0.39 is 72.2 Å². The Morgan fingerprint density at radius 2 is 1.52 bits per heavy atom. The number of rotatable bonds is 15. The minimum atomic E-state index is -1.53. The molecule has 3 atom stereocenters. The standard InChI is InChI=1S/C31H28F2N4O8S/c32-19-5-1-17(2-6-19)24(38)16-46-29-28(37(30(29)42)21-9-7-20(33)8-10-21)18-3-11-22(12-4-18)45-15-27(41)35-14-26(40)36-23(31(43)44)13-25(34)39/h1-12,23,28-29H,13-16H2,(H2,34,39)(H,35,41)(H,36,40)(H,43,44)/t23-,28+,29+/m0/s1. The zero-order valence-electron chi connectivity index (χ0n) is 24.0. The van der Waals surface area contributed by atoms with Crippen molar-refractivity contribution in [1.29, 1.82) is 0 Å². The second kappa shape index (κ2) is 15.1. The number of primary amides is 1. The van der Waals surface area contributed by atoms with Crippen LogP contribution in [0.4, 0.5) is 14.5 Å². The van der Waals surface area contributed by atoms with Crippen molar-refractivity contribution in [2.45, 2.75) is 23.8 Å². The Bertz CT molecular complexity index is 1620. The second-order valence-electron chi connectivity index (χ2n) is 10.1. The Kier molecular flexibility index (Phi) is 11.0. The van der Waals surface area contributed by atoms with Crippen molar-refractivity contribution in [3.8, 4) is 5.75 Å². The summed E-state index contributed by atoms with van der Waals surface area (Å²) in [6.07, 6.45) is -0.613. The molecule has 12 nitrogen and oxygen atoms in total. The van der Waals surface area contributed by atoms with Crippen LogP contribution >= 0.6 is 11.8 Å². The number of benzene rings is 3. The summed E-state index contributed by atoms with van der Waals surface area (Å²) in [5, 5.41) is 12.8. The number of carbonyl (C=O) groups is 6. The summed E-state index contributed by atoms with van der Waals surface area (Å²) < 4.78 is 32.3. The molecular weight excluding hydrogens is 626 g/mol. The van der Waals surface area contributed by atoms with Gasteiger partial charge in [0.15, 0.2) is 12.4 Å². The van der Waals surface area contributed by atoms with E-state index in [1.165, 1.54) is 53.4 Å². The SMILES string of the molecule is NC(=O)C[C@H](NC(=O)CNC(=O)COc1ccc([C@@H]2[C@@H](SCC(=O)c3ccc(F)cc3)C(=O)N2c2ccc(F)cc2)cc1)C(=O)O. The molecule has 1 aliphatic heterocycles. The van der Waals surface area contributed by atoms with Gasteiger partial charge in [0.2, 0.25) is 17.7 Å². The second-order valence-corrected chi connectivity index (χ2v) is 11.2. The monoisotopic (exact) mass is 654 g/mol. The lowest BCUT2D eigenvalue weighted by Crippen LogP contribution is -2.57. The molecular formula is C31H28F2N4O8S. The maximum atomic E-state index is 13.6. The van der Waals surface area contributed by atoms with Crippen LogP contribution in [0.15, 0.2) is 72.8 Å². The molecule has 1 fully saturated rings. The van der Waals surface area contributed by atoms with Gasteiger partial charge in [-0.3, -0.25) is 24.0 Å². The van der Waals surface area contributed by atoms with Gasteiger partial charge in [-0.15, -0.1) is 11.8 Å². The summed E-state index contributed by atoms with van der Waals surface area (Å²) in [6, 6.07) is 14.9. The normalized spacial score (nSPS) is 16.1. The number of halogens is 2. The lowest BCUT2D eigenvalue weighted by Gasteiger charge is -2.47. The summed E-state index contributed by atoms with van der Waals surface area (Å²) in [4.78, 5) is 73.6. The molecule has 15 heteroatoms. The molecule has 0 bridgehead atoms. The van der Waals surface area contributed by atoms with Gasteiger partial charge in [0.25, 0.3) is 5.91 Å². The molecule has 46 heavy (non-hydrogen) atoms. The highest BCUT2D eigenvalue weighted by Gasteiger charge is 2.49. The zero-order valence-corrected chi connectivity index (χ0v) is 24.8. The number of ketones is 1. The number of hydrogen-bond acceptors (Lipinski definition) is 8. The largest absolute Gasteiger partial charge is 0.484 e. The van der Waals surface area contributed by atoms with Crippen LogP contribution in [0.3, 0.4) is 0 Å². The number of carboxylic acids is 1. The van der Waals surface area contributed by atoms with E-state index in [1.807, 2.05) is 0 Å². The highest BCUT2D eigenvalue weighted by molar-refractivity contribution is 8.01. The first kappa shape index (κ1) is 33.6. The predicted molar refractivity (Wildman–Crippen MR) is 162 cm³/mol. The lowest BCUT2D eigenvalue weighted by molar-refractivity contribution is -0.143. The Morgan fingerprint density at radius 3 is 2.11 bits per heavy atom. The number of aliphatic carboxylic acids is 1. The van der Waals surface area contributed by atoms with Crippen molar-refractivity contribution in [1.82, 2.24) is 10.6 Å². The quantitative estimate of drug-likeness (QED) is 0.141. The smallest absolute Gasteiger partial charge is 0.326 e. The number of amides is 4. The van der Waals surface area contributed by atoms with Gasteiger partial charge in [0.1, 0.15) is 28.7 Å². The van der Waals surface area contributed by atoms with Crippen LogP contribution in [0.5, 0.6) is 5.75 Å². The fraction of sp³-hybridized carbons (Fsp3) is 0.226. The van der Waals surface area contributed by atoms with Gasteiger partial charge in [-0.05, 0) is 66.2 Å². The third-order valence-corrected chi connectivity index (χ3v) is 8.03. The number of nitrogens with two attached hydrogens (primary N) is 1. The van der Waals surface area contributed by atoms with Crippen LogP contribution in [0.2, 0.25) is 0 Å². The van der Waals surface area contributed by atoms with Gasteiger partial charge < -0.3 is 31.1 Å². The van der Waals surface area contributed by atoms with Gasteiger partial charge in [0.05, 0.1) is 24.8 Å². The van der Waals surface area contributed by atoms with E-state index >= 15 is 0 Å². The number of hydrogen-bond donors (Lipinski definition) is 4. The Morgan fingerprint density at radius 1 is 0.913 bits per heavy atom. The van der Waals surface area contributed by atoms with Crippen LogP contribution in [-0.4, -0.2) is 70.7 Å². The molecule has 4 amide bonds. The zero-order chi connectivity index (χ0) is 33.4. The van der Waals surface area contributed by atoms with Crippen LogP contribution < -0.4 is 26.0 Å². The first-order chi connectivity index (χ1) is 21.9. The van der Waals surface area contributed by atoms with E-state index in [9.17, 15) is 37.5 Å². The first-order valence-electron chi connectivity index (χ1n) is 13.7. The number of nitrogens with zero attached hydrogens (tertiary/aromatic N) is 1. The van der Waals surface area contributed by atoms with Crippen LogP contribution in [0, 0.1) is 11.6 Å². The summed E-state index contributed by atoms with van der Waals surface area (Å²) >= 11 is 1.14. The van der Waals surface area contributed by atoms with Gasteiger partial charge in [-0.1, -0.05) is 12.1 Å². The maximum Gasteiger partial charge on any atom is 0.326 e. The average Bonchev–Trinajstić information content (AvgIpc) is 3.02. The molecule has 1 aliphatic rings. The van der Waals surface area contributed by atoms with E-state index in [-0.39, 0.29) is 23.2 Å². The molecule has 3 aromatic rings. The summed E-state index contributed by atoms with van der Waals surface area (Å²) in [6.45, 7) is -1.05. The minimum absolute atomic E-state index is 0.0355. The molecule has 5 N–H and O–H groups in total. The molecule has 0 spiro atoms. The predicted octanol–water partition coefficient (Wildman–Crippen LogP) is 1.98. The fourth-order valence-electron chi connectivity index (χ4n) is 4.51. The molecule has 3 aromatic carbocycles. The number of thioether (sulfide) groups is 1. The number of β-lactam (4-membered cyclic amide) rings is 1. The molecule has 240 valence electrons. The summed E-state index contributed by atoms with van der Waals surface area (Å²) in [7, 11) is 0. The molecule has 1 heterocycles. The van der Waals surface area contributed by atoms with Gasteiger partial charge in [-0.2, -0.15) is 0 Å². The van der Waals surface area contributed by atoms with Gasteiger partial charge in [-0.25, -0.2) is 13.6 Å². The van der Waals surface area contributed by atoms with Crippen molar-refractivity contribution < 1.29 is 47.4 Å². The Hall–Kier alpha value is -5.31. The maximum absolute atomic E-state index is 13.6. The van der Waals surface area contributed by atoms with Crippen molar-refractivity contribution in [2.75, 3.05) is 23.8 Å². The molecule has 4 rings (SSSR count). The number of anilines is 1. The van der Waals surface area contributed by atoms with Crippen molar-refractivity contribution >= 4 is 52.8 Å². The van der Waals surface area contributed by atoms with Crippen molar-refractivity contribution in [2.24, 2.45) is 5.73 Å². The van der Waals surface area contributed by atoms with Gasteiger partial charge in [0, 0.05) is 11.3 Å². The topological polar surface area (TPSA) is 185 Å². The van der Waals surface area contributed by atoms with E-state index in [4.69, 9.17) is 15.6 Å². The third kappa shape index (κ3) is 8.65. The number of carbonyl (C=O) groups excluding carboxylic acids is 5. The minimum Gasteiger partial charge on any atom is -0.484 e. The summed E-state index contributed by atoms with van der Waals surface area (Å²) in [5.41, 5.74) is 6.41. The van der Waals surface area contributed by atoms with Crippen LogP contribution in [-0.2, 0) is 24.0 Å². The Labute approximate surface area is 265 Å². The first-order valence-corrected chi connectivity index (χ1v) is 14.8. The highest BCUT2D eigenvalue weighted by Crippen LogP contribution is 2.45. The number of nitrogens with one attached hydrogen (secondary N) is 2. The number of ether oxygens (including phenoxy) is 1. The molecule has 0 aromatic heterocycles. The molecule has 0 unspecified atom stereocenters. The van der Waals surface area contributed by atoms with Crippen molar-refractivity contribution in [3.63, 3.8) is 0 Å².